The number of nitrogens with zero attached hydrogens (tertiary/aromatic N) is 3. The number of aromatic nitrogens is 2. The average Bonchev–Trinajstić information content (AvgIpc) is 3.19. The van der Waals surface area contributed by atoms with E-state index in [1.807, 2.05) is 0 Å². The van der Waals surface area contributed by atoms with Crippen LogP contribution in [0.5, 0.6) is 0 Å². The highest BCUT2D eigenvalue weighted by Crippen LogP contribution is 2.25. The van der Waals surface area contributed by atoms with Crippen molar-refractivity contribution in [1.82, 2.24) is 15.3 Å². The number of hydrogen-bond donors (Lipinski definition) is 2. The molecule has 0 bridgehead atoms. The van der Waals surface area contributed by atoms with Crippen LogP contribution in [0.2, 0.25) is 5.15 Å². The zero-order chi connectivity index (χ0) is 18.6. The topological polar surface area (TPSA) is 62.3 Å². The largest absolute Gasteiger partial charge is 0.376 e. The Morgan fingerprint density at radius 3 is 2.96 bits per heavy atom. The van der Waals surface area contributed by atoms with Gasteiger partial charge in [0.05, 0.1) is 6.10 Å². The van der Waals surface area contributed by atoms with E-state index in [1.165, 1.54) is 11.1 Å². The molecule has 0 aliphatic carbocycles. The lowest BCUT2D eigenvalue weighted by Crippen LogP contribution is -2.35. The lowest BCUT2D eigenvalue weighted by atomic mass is 10.00. The Hall–Kier alpha value is -1.96. The van der Waals surface area contributed by atoms with E-state index in [1.54, 1.807) is 6.07 Å². The van der Waals surface area contributed by atoms with Gasteiger partial charge in [0.25, 0.3) is 0 Å². The fourth-order valence-electron chi connectivity index (χ4n) is 3.47. The fourth-order valence-corrected chi connectivity index (χ4v) is 3.82. The first-order chi connectivity index (χ1) is 13.2. The molecule has 142 valence electrons. The Bertz CT molecular complexity index is 827. The summed E-state index contributed by atoms with van der Waals surface area (Å²) in [4.78, 5) is 11.1. The highest BCUT2D eigenvalue weighted by Gasteiger charge is 2.19. The molecule has 2 aromatic rings. The standard InChI is InChI=1S/C19H22ClN5OS/c20-16-10-17(25-8-7-13-4-1-2-5-14(13)12-25)23-18(22-16)24-19(27)21-11-15-6-3-9-26-15/h1-2,4-5,10,15H,3,6-9,11-12H2,(H2,21,22,23,24,27). The van der Waals surface area contributed by atoms with Gasteiger partial charge in [-0.15, -0.1) is 0 Å². The minimum absolute atomic E-state index is 0.217. The van der Waals surface area contributed by atoms with Crippen molar-refractivity contribution in [3.63, 3.8) is 0 Å². The van der Waals surface area contributed by atoms with Gasteiger partial charge >= 0.3 is 0 Å². The monoisotopic (exact) mass is 403 g/mol. The van der Waals surface area contributed by atoms with E-state index >= 15 is 0 Å². The van der Waals surface area contributed by atoms with Gasteiger partial charge in [0.15, 0.2) is 5.11 Å². The maximum Gasteiger partial charge on any atom is 0.232 e. The SMILES string of the molecule is S=C(NCC1CCCO1)Nc1nc(Cl)cc(N2CCc3ccccc3C2)n1. The molecule has 6 nitrogen and oxygen atoms in total. The smallest absolute Gasteiger partial charge is 0.232 e. The molecule has 1 fully saturated rings. The van der Waals surface area contributed by atoms with E-state index in [4.69, 9.17) is 28.6 Å². The summed E-state index contributed by atoms with van der Waals surface area (Å²) >= 11 is 11.6. The second-order valence-corrected chi connectivity index (χ2v) is 7.58. The lowest BCUT2D eigenvalue weighted by Gasteiger charge is -2.30. The third-order valence-corrected chi connectivity index (χ3v) is 5.32. The Balaban J connectivity index is 1.41. The van der Waals surface area contributed by atoms with Gasteiger partial charge in [0, 0.05) is 32.3 Å². The van der Waals surface area contributed by atoms with Gasteiger partial charge in [-0.25, -0.2) is 4.98 Å². The van der Waals surface area contributed by atoms with E-state index in [0.29, 0.717) is 22.8 Å². The van der Waals surface area contributed by atoms with Gasteiger partial charge in [-0.3, -0.25) is 0 Å². The average molecular weight is 404 g/mol. The summed E-state index contributed by atoms with van der Waals surface area (Å²) in [5.74, 6) is 1.20. The first-order valence-electron chi connectivity index (χ1n) is 9.20. The highest BCUT2D eigenvalue weighted by molar-refractivity contribution is 7.80. The third-order valence-electron chi connectivity index (χ3n) is 4.88. The molecule has 4 rings (SSSR count). The molecular weight excluding hydrogens is 382 g/mol. The van der Waals surface area contributed by atoms with Gasteiger partial charge in [-0.05, 0) is 42.6 Å². The van der Waals surface area contributed by atoms with Crippen molar-refractivity contribution in [2.45, 2.75) is 31.9 Å². The number of anilines is 2. The number of fused-ring (bicyclic) bond motifs is 1. The molecule has 0 amide bonds. The molecule has 0 saturated carbocycles. The first kappa shape index (κ1) is 18.4. The second kappa shape index (κ2) is 8.37. The molecule has 27 heavy (non-hydrogen) atoms. The van der Waals surface area contributed by atoms with Crippen LogP contribution in [0.4, 0.5) is 11.8 Å². The van der Waals surface area contributed by atoms with Gasteiger partial charge < -0.3 is 20.3 Å². The maximum absolute atomic E-state index is 6.23. The lowest BCUT2D eigenvalue weighted by molar-refractivity contribution is 0.114. The molecule has 2 aliphatic heterocycles. The van der Waals surface area contributed by atoms with Crippen molar-refractivity contribution in [3.8, 4) is 0 Å². The summed E-state index contributed by atoms with van der Waals surface area (Å²) < 4.78 is 5.59. The van der Waals surface area contributed by atoms with Crippen LogP contribution in [0.3, 0.4) is 0 Å². The molecule has 8 heteroatoms. The Labute approximate surface area is 169 Å². The minimum atomic E-state index is 0.217. The zero-order valence-electron chi connectivity index (χ0n) is 14.9. The summed E-state index contributed by atoms with van der Waals surface area (Å²) in [6, 6.07) is 10.3. The Morgan fingerprint density at radius 2 is 2.15 bits per heavy atom. The van der Waals surface area contributed by atoms with E-state index in [0.717, 1.165) is 44.8 Å². The quantitative estimate of drug-likeness (QED) is 0.600. The number of benzene rings is 1. The van der Waals surface area contributed by atoms with Crippen molar-refractivity contribution in [3.05, 3.63) is 46.6 Å². The van der Waals surface area contributed by atoms with Gasteiger partial charge in [0.2, 0.25) is 5.95 Å². The van der Waals surface area contributed by atoms with Crippen LogP contribution in [-0.4, -0.2) is 40.9 Å². The van der Waals surface area contributed by atoms with Crippen LogP contribution < -0.4 is 15.5 Å². The molecule has 0 radical (unpaired) electrons. The normalized spacial score (nSPS) is 18.9. The van der Waals surface area contributed by atoms with Gasteiger partial charge in [-0.2, -0.15) is 4.98 Å². The minimum Gasteiger partial charge on any atom is -0.376 e. The number of ether oxygens (including phenoxy) is 1. The number of halogens is 1. The summed E-state index contributed by atoms with van der Waals surface area (Å²) in [6.07, 6.45) is 3.37. The third kappa shape index (κ3) is 4.66. The summed E-state index contributed by atoms with van der Waals surface area (Å²) in [5.41, 5.74) is 2.72. The maximum atomic E-state index is 6.23. The summed E-state index contributed by atoms with van der Waals surface area (Å²) in [7, 11) is 0. The number of rotatable bonds is 4. The molecule has 2 N–H and O–H groups in total. The van der Waals surface area contributed by atoms with Crippen LogP contribution >= 0.6 is 23.8 Å². The van der Waals surface area contributed by atoms with E-state index in [9.17, 15) is 0 Å². The summed E-state index contributed by atoms with van der Waals surface area (Å²) in [6.45, 7) is 3.21. The predicted octanol–water partition coefficient (Wildman–Crippen LogP) is 3.16. The van der Waals surface area contributed by atoms with Gasteiger partial charge in [0.1, 0.15) is 11.0 Å². The molecule has 2 aliphatic rings. The Morgan fingerprint density at radius 1 is 1.30 bits per heavy atom. The zero-order valence-corrected chi connectivity index (χ0v) is 16.5. The summed E-state index contributed by atoms with van der Waals surface area (Å²) in [5, 5.41) is 7.07. The van der Waals surface area contributed by atoms with Crippen molar-refractivity contribution in [2.24, 2.45) is 0 Å². The Kier molecular flexibility index (Phi) is 5.71. The van der Waals surface area contributed by atoms with Gasteiger partial charge in [-0.1, -0.05) is 35.9 Å². The number of hydrogen-bond acceptors (Lipinski definition) is 5. The fraction of sp³-hybridized carbons (Fsp3) is 0.421. The van der Waals surface area contributed by atoms with Crippen LogP contribution in [0, 0.1) is 0 Å². The van der Waals surface area contributed by atoms with Crippen molar-refractivity contribution in [1.29, 1.82) is 0 Å². The van der Waals surface area contributed by atoms with E-state index < -0.39 is 0 Å². The number of thiocarbonyl (C=S) groups is 1. The van der Waals surface area contributed by atoms with Crippen LogP contribution in [0.1, 0.15) is 24.0 Å². The van der Waals surface area contributed by atoms with Crippen LogP contribution in [0.15, 0.2) is 30.3 Å². The van der Waals surface area contributed by atoms with Crippen molar-refractivity contribution < 1.29 is 4.74 Å². The molecule has 3 heterocycles. The molecular formula is C19H22ClN5OS. The molecule has 1 aromatic carbocycles. The second-order valence-electron chi connectivity index (χ2n) is 6.78. The van der Waals surface area contributed by atoms with E-state index in [-0.39, 0.29) is 6.10 Å². The molecule has 1 aromatic heterocycles. The first-order valence-corrected chi connectivity index (χ1v) is 9.99. The number of nitrogens with one attached hydrogen (secondary N) is 2. The van der Waals surface area contributed by atoms with Crippen molar-refractivity contribution >= 4 is 40.7 Å². The van der Waals surface area contributed by atoms with Crippen LogP contribution in [-0.2, 0) is 17.7 Å². The molecule has 1 saturated heterocycles. The predicted molar refractivity (Wildman–Crippen MR) is 111 cm³/mol. The molecule has 0 spiro atoms. The van der Waals surface area contributed by atoms with Crippen LogP contribution in [0.25, 0.3) is 0 Å². The molecule has 1 atom stereocenters. The highest BCUT2D eigenvalue weighted by atomic mass is 35.5. The van der Waals surface area contributed by atoms with E-state index in [2.05, 4.69) is 49.8 Å². The molecule has 1 unspecified atom stereocenters. The van der Waals surface area contributed by atoms with Crippen molar-refractivity contribution in [2.75, 3.05) is 29.9 Å².